The van der Waals surface area contributed by atoms with Gasteiger partial charge in [-0.1, -0.05) is 66.7 Å². The van der Waals surface area contributed by atoms with E-state index in [0.29, 0.717) is 5.82 Å². The molecule has 1 N–H and O–H groups in total. The predicted octanol–water partition coefficient (Wildman–Crippen LogP) is 3.69. The fraction of sp³-hybridized carbons (Fsp3) is 0.190. The molecule has 1 aromatic heterocycles. The Labute approximate surface area is 152 Å². The average molecular weight is 343 g/mol. The van der Waals surface area contributed by atoms with Crippen LogP contribution in [0.25, 0.3) is 22.2 Å². The fourth-order valence-corrected chi connectivity index (χ4v) is 3.17. The van der Waals surface area contributed by atoms with Crippen LogP contribution in [0, 0.1) is 0 Å². The number of hydrogen-bond acceptors (Lipinski definition) is 4. The first kappa shape index (κ1) is 16.4. The lowest BCUT2D eigenvalue weighted by atomic mass is 10.00. The van der Waals surface area contributed by atoms with Crippen molar-refractivity contribution in [2.24, 2.45) is 0 Å². The van der Waals surface area contributed by atoms with E-state index < -0.39 is 0 Å². The second-order valence-electron chi connectivity index (χ2n) is 6.31. The third-order valence-electron chi connectivity index (χ3n) is 4.57. The Hall–Kier alpha value is -3.05. The number of aromatic nitrogens is 4. The van der Waals surface area contributed by atoms with Crippen molar-refractivity contribution in [2.45, 2.75) is 12.5 Å². The van der Waals surface area contributed by atoms with E-state index >= 15 is 0 Å². The van der Waals surface area contributed by atoms with Crippen LogP contribution in [0.4, 0.5) is 0 Å². The van der Waals surface area contributed by atoms with Crippen molar-refractivity contribution in [3.05, 3.63) is 78.4 Å². The molecule has 0 aliphatic carbocycles. The molecule has 0 aliphatic rings. The summed E-state index contributed by atoms with van der Waals surface area (Å²) in [5, 5.41) is 19.0. The van der Waals surface area contributed by atoms with E-state index in [4.69, 9.17) is 0 Å². The summed E-state index contributed by atoms with van der Waals surface area (Å²) in [5.74, 6) is 0.654. The van der Waals surface area contributed by atoms with Gasteiger partial charge in [-0.15, -0.1) is 10.2 Å². The summed E-state index contributed by atoms with van der Waals surface area (Å²) >= 11 is 0. The molecule has 0 saturated carbocycles. The SMILES string of the molecule is CNCC[C@H](c1ccc2ccccc2c1)n1nnc(-c2ccccc2)n1. The van der Waals surface area contributed by atoms with Gasteiger partial charge in [0.05, 0.1) is 6.04 Å². The Morgan fingerprint density at radius 1 is 0.923 bits per heavy atom. The average Bonchev–Trinajstić information content (AvgIpc) is 3.19. The van der Waals surface area contributed by atoms with Gasteiger partial charge in [0, 0.05) is 5.56 Å². The molecule has 0 saturated heterocycles. The highest BCUT2D eigenvalue weighted by atomic mass is 15.6. The van der Waals surface area contributed by atoms with Gasteiger partial charge in [0.1, 0.15) is 0 Å². The smallest absolute Gasteiger partial charge is 0.204 e. The molecule has 26 heavy (non-hydrogen) atoms. The number of benzene rings is 3. The molecule has 0 unspecified atom stereocenters. The van der Waals surface area contributed by atoms with E-state index in [2.05, 4.69) is 63.2 Å². The van der Waals surface area contributed by atoms with E-state index in [0.717, 1.165) is 18.5 Å². The number of nitrogens with zero attached hydrogens (tertiary/aromatic N) is 4. The Morgan fingerprint density at radius 2 is 1.69 bits per heavy atom. The van der Waals surface area contributed by atoms with Gasteiger partial charge >= 0.3 is 0 Å². The number of fused-ring (bicyclic) bond motifs is 1. The van der Waals surface area contributed by atoms with E-state index in [1.54, 1.807) is 4.80 Å². The van der Waals surface area contributed by atoms with Crippen molar-refractivity contribution in [2.75, 3.05) is 13.6 Å². The van der Waals surface area contributed by atoms with Gasteiger partial charge < -0.3 is 5.32 Å². The van der Waals surface area contributed by atoms with E-state index in [1.165, 1.54) is 16.3 Å². The third-order valence-corrected chi connectivity index (χ3v) is 4.57. The van der Waals surface area contributed by atoms with Gasteiger partial charge in [0.25, 0.3) is 0 Å². The number of tetrazole rings is 1. The maximum Gasteiger partial charge on any atom is 0.204 e. The maximum absolute atomic E-state index is 4.66. The minimum atomic E-state index is 0.0389. The third kappa shape index (κ3) is 3.34. The standard InChI is InChI=1S/C21H21N5/c1-22-14-13-20(19-12-11-16-7-5-6-10-18(16)15-19)26-24-21(23-25-26)17-8-3-2-4-9-17/h2-12,15,20,22H,13-14H2,1H3/t20-/m1/s1. The first-order valence-electron chi connectivity index (χ1n) is 8.83. The van der Waals surface area contributed by atoms with E-state index in [9.17, 15) is 0 Å². The number of hydrogen-bond donors (Lipinski definition) is 1. The monoisotopic (exact) mass is 343 g/mol. The number of rotatable bonds is 6. The molecule has 1 heterocycles. The molecule has 4 aromatic rings. The molecule has 0 radical (unpaired) electrons. The zero-order valence-electron chi connectivity index (χ0n) is 14.7. The first-order valence-corrected chi connectivity index (χ1v) is 8.83. The molecule has 0 aliphatic heterocycles. The fourth-order valence-electron chi connectivity index (χ4n) is 3.17. The van der Waals surface area contributed by atoms with Crippen LogP contribution in [0.2, 0.25) is 0 Å². The van der Waals surface area contributed by atoms with Crippen molar-refractivity contribution in [3.63, 3.8) is 0 Å². The molecule has 1 atom stereocenters. The molecule has 0 spiro atoms. The predicted molar refractivity (Wildman–Crippen MR) is 104 cm³/mol. The second kappa shape index (κ2) is 7.45. The Bertz CT molecular complexity index is 993. The highest BCUT2D eigenvalue weighted by Crippen LogP contribution is 2.25. The van der Waals surface area contributed by atoms with Gasteiger partial charge in [-0.2, -0.15) is 4.80 Å². The first-order chi connectivity index (χ1) is 12.8. The van der Waals surface area contributed by atoms with Crippen molar-refractivity contribution < 1.29 is 0 Å². The quantitative estimate of drug-likeness (QED) is 0.580. The highest BCUT2D eigenvalue weighted by molar-refractivity contribution is 5.83. The molecule has 5 nitrogen and oxygen atoms in total. The molecular formula is C21H21N5. The Morgan fingerprint density at radius 3 is 2.50 bits per heavy atom. The van der Waals surface area contributed by atoms with Crippen LogP contribution in [0.1, 0.15) is 18.0 Å². The van der Waals surface area contributed by atoms with Gasteiger partial charge in [-0.25, -0.2) is 0 Å². The van der Waals surface area contributed by atoms with Crippen LogP contribution < -0.4 is 5.32 Å². The molecule has 0 bridgehead atoms. The van der Waals surface area contributed by atoms with E-state index in [-0.39, 0.29) is 6.04 Å². The molecule has 5 heteroatoms. The highest BCUT2D eigenvalue weighted by Gasteiger charge is 2.18. The topological polar surface area (TPSA) is 55.6 Å². The minimum Gasteiger partial charge on any atom is -0.320 e. The van der Waals surface area contributed by atoms with Gasteiger partial charge in [0.2, 0.25) is 5.82 Å². The van der Waals surface area contributed by atoms with E-state index in [1.807, 2.05) is 37.4 Å². The largest absolute Gasteiger partial charge is 0.320 e. The summed E-state index contributed by atoms with van der Waals surface area (Å²) in [6, 6.07) is 24.9. The van der Waals surface area contributed by atoms with Crippen LogP contribution in [-0.4, -0.2) is 33.8 Å². The molecule has 4 rings (SSSR count). The van der Waals surface area contributed by atoms with Crippen molar-refractivity contribution in [1.29, 1.82) is 0 Å². The van der Waals surface area contributed by atoms with Crippen LogP contribution in [-0.2, 0) is 0 Å². The zero-order valence-corrected chi connectivity index (χ0v) is 14.7. The second-order valence-corrected chi connectivity index (χ2v) is 6.31. The lowest BCUT2D eigenvalue weighted by Gasteiger charge is -2.16. The molecule has 130 valence electrons. The summed E-state index contributed by atoms with van der Waals surface area (Å²) in [7, 11) is 1.96. The van der Waals surface area contributed by atoms with Gasteiger partial charge in [-0.05, 0) is 47.6 Å². The van der Waals surface area contributed by atoms with Gasteiger partial charge in [0.15, 0.2) is 0 Å². The molecule has 0 fully saturated rings. The molecule has 0 amide bonds. The Kier molecular flexibility index (Phi) is 4.71. The van der Waals surface area contributed by atoms with Crippen LogP contribution in [0.5, 0.6) is 0 Å². The van der Waals surface area contributed by atoms with Crippen LogP contribution in [0.15, 0.2) is 72.8 Å². The Balaban J connectivity index is 1.71. The summed E-state index contributed by atoms with van der Waals surface area (Å²) in [4.78, 5) is 1.74. The number of nitrogens with one attached hydrogen (secondary N) is 1. The maximum atomic E-state index is 4.66. The summed E-state index contributed by atoms with van der Waals surface area (Å²) in [6.07, 6.45) is 0.888. The zero-order chi connectivity index (χ0) is 17.8. The lowest BCUT2D eigenvalue weighted by molar-refractivity contribution is 0.422. The van der Waals surface area contributed by atoms with Crippen LogP contribution >= 0.6 is 0 Å². The van der Waals surface area contributed by atoms with Crippen LogP contribution in [0.3, 0.4) is 0 Å². The normalized spacial score (nSPS) is 12.3. The molecular weight excluding hydrogens is 322 g/mol. The van der Waals surface area contributed by atoms with Crippen molar-refractivity contribution >= 4 is 10.8 Å². The van der Waals surface area contributed by atoms with Crippen molar-refractivity contribution in [1.82, 2.24) is 25.5 Å². The summed E-state index contributed by atoms with van der Waals surface area (Å²) < 4.78 is 0. The van der Waals surface area contributed by atoms with Gasteiger partial charge in [-0.3, -0.25) is 0 Å². The minimum absolute atomic E-state index is 0.0389. The van der Waals surface area contributed by atoms with Crippen molar-refractivity contribution in [3.8, 4) is 11.4 Å². The lowest BCUT2D eigenvalue weighted by Crippen LogP contribution is -2.20. The summed E-state index contributed by atoms with van der Waals surface area (Å²) in [6.45, 7) is 0.875. The molecule has 3 aromatic carbocycles. The summed E-state index contributed by atoms with van der Waals surface area (Å²) in [5.41, 5.74) is 2.17.